The van der Waals surface area contributed by atoms with Gasteiger partial charge >= 0.3 is 0 Å². The van der Waals surface area contributed by atoms with Crippen molar-refractivity contribution in [2.75, 3.05) is 0 Å². The molecule has 0 N–H and O–H groups in total. The van der Waals surface area contributed by atoms with E-state index in [0.717, 1.165) is 6.42 Å². The minimum Gasteiger partial charge on any atom is -0.237 e. The van der Waals surface area contributed by atoms with Crippen LogP contribution >= 0.6 is 0 Å². The van der Waals surface area contributed by atoms with Gasteiger partial charge in [-0.2, -0.15) is 0 Å². The van der Waals surface area contributed by atoms with E-state index in [9.17, 15) is 0 Å². The molecule has 0 aliphatic carbocycles. The maximum absolute atomic E-state index is 2.17. The Balaban J connectivity index is 0.000000180. The number of aryl methyl sites for hydroxylation is 4. The molecule has 0 saturated heterocycles. The standard InChI is InChI=1S/2C7H13N2/c1-6-5-8(3)7(2)9(6)4;1-4-7-8(2)5-6-9(7)3/h5H,1-4H3;5-6H,4H2,1-3H3/q2*+1. The normalized spacial score (nSPS) is 10.2. The van der Waals surface area contributed by atoms with Gasteiger partial charge in [0.05, 0.1) is 28.2 Å². The van der Waals surface area contributed by atoms with Gasteiger partial charge in [0.25, 0.3) is 11.6 Å². The summed E-state index contributed by atoms with van der Waals surface area (Å²) in [6, 6.07) is 0. The number of rotatable bonds is 1. The lowest BCUT2D eigenvalue weighted by Gasteiger charge is -1.90. The second-order valence-electron chi connectivity index (χ2n) is 4.78. The van der Waals surface area contributed by atoms with Crippen LogP contribution < -0.4 is 9.13 Å². The maximum Gasteiger partial charge on any atom is 0.255 e. The van der Waals surface area contributed by atoms with Crippen LogP contribution in [0.4, 0.5) is 0 Å². The SMILES string of the molecule is CCc1n(C)cc[n+]1C.Cc1c[n+](C)c(C)n1C. The highest BCUT2D eigenvalue weighted by atomic mass is 15.1. The molecule has 0 amide bonds. The monoisotopic (exact) mass is 250 g/mol. The Hall–Kier alpha value is -1.58. The van der Waals surface area contributed by atoms with Crippen LogP contribution in [0.1, 0.15) is 24.3 Å². The van der Waals surface area contributed by atoms with Gasteiger partial charge in [-0.3, -0.25) is 0 Å². The van der Waals surface area contributed by atoms with Crippen molar-refractivity contribution in [2.45, 2.75) is 27.2 Å². The molecule has 2 aromatic heterocycles. The molecule has 0 unspecified atom stereocenters. The van der Waals surface area contributed by atoms with Crippen LogP contribution in [0.2, 0.25) is 0 Å². The summed E-state index contributed by atoms with van der Waals surface area (Å²) in [5.41, 5.74) is 1.30. The van der Waals surface area contributed by atoms with Crippen molar-refractivity contribution in [3.63, 3.8) is 0 Å². The summed E-state index contributed by atoms with van der Waals surface area (Å²) >= 11 is 0. The van der Waals surface area contributed by atoms with Gasteiger partial charge in [0.1, 0.15) is 24.3 Å². The Kier molecular flexibility index (Phi) is 4.70. The molecule has 0 aliphatic heterocycles. The molecule has 2 aromatic rings. The highest BCUT2D eigenvalue weighted by Crippen LogP contribution is 1.94. The zero-order valence-electron chi connectivity index (χ0n) is 12.7. The average Bonchev–Trinajstić information content (AvgIpc) is 2.76. The van der Waals surface area contributed by atoms with Gasteiger partial charge in [0.2, 0.25) is 0 Å². The van der Waals surface area contributed by atoms with Crippen LogP contribution in [-0.4, -0.2) is 9.13 Å². The second-order valence-corrected chi connectivity index (χ2v) is 4.78. The molecule has 0 fully saturated rings. The highest BCUT2D eigenvalue weighted by molar-refractivity contribution is 4.92. The molecule has 0 saturated carbocycles. The molecule has 4 nitrogen and oxygen atoms in total. The lowest BCUT2D eigenvalue weighted by molar-refractivity contribution is -0.678. The molecule has 2 heterocycles. The van der Waals surface area contributed by atoms with Gasteiger partial charge in [-0.05, 0) is 0 Å². The predicted molar refractivity (Wildman–Crippen MR) is 72.0 cm³/mol. The molecule has 18 heavy (non-hydrogen) atoms. The van der Waals surface area contributed by atoms with E-state index in [4.69, 9.17) is 0 Å². The molecule has 100 valence electrons. The quantitative estimate of drug-likeness (QED) is 0.669. The molecular weight excluding hydrogens is 224 g/mol. The summed E-state index contributed by atoms with van der Waals surface area (Å²) in [5, 5.41) is 0. The zero-order chi connectivity index (χ0) is 13.9. The van der Waals surface area contributed by atoms with E-state index in [1.54, 1.807) is 0 Å². The fraction of sp³-hybridized carbons (Fsp3) is 0.571. The fourth-order valence-electron chi connectivity index (χ4n) is 2.07. The molecular formula is C14H26N4+2. The third-order valence-corrected chi connectivity index (χ3v) is 3.55. The summed E-state index contributed by atoms with van der Waals surface area (Å²) in [6.07, 6.45) is 7.35. The van der Waals surface area contributed by atoms with E-state index < -0.39 is 0 Å². The van der Waals surface area contributed by atoms with Gasteiger partial charge in [-0.1, -0.05) is 6.92 Å². The third kappa shape index (κ3) is 3.00. The topological polar surface area (TPSA) is 17.6 Å². The van der Waals surface area contributed by atoms with Gasteiger partial charge in [-0.15, -0.1) is 0 Å². The van der Waals surface area contributed by atoms with Crippen molar-refractivity contribution in [3.8, 4) is 0 Å². The zero-order valence-corrected chi connectivity index (χ0v) is 12.7. The molecule has 0 aromatic carbocycles. The number of hydrogen-bond donors (Lipinski definition) is 0. The molecule has 0 bridgehead atoms. The number of nitrogens with zero attached hydrogens (tertiary/aromatic N) is 4. The second kappa shape index (κ2) is 5.85. The predicted octanol–water partition coefficient (Wildman–Crippen LogP) is 0.878. The third-order valence-electron chi connectivity index (χ3n) is 3.55. The van der Waals surface area contributed by atoms with Crippen molar-refractivity contribution in [2.24, 2.45) is 28.2 Å². The maximum atomic E-state index is 2.17. The van der Waals surface area contributed by atoms with Crippen molar-refractivity contribution >= 4 is 0 Å². The first-order valence-corrected chi connectivity index (χ1v) is 6.36. The van der Waals surface area contributed by atoms with Gasteiger partial charge < -0.3 is 0 Å². The number of aromatic nitrogens is 4. The lowest BCUT2D eigenvalue weighted by Crippen LogP contribution is -2.31. The number of hydrogen-bond acceptors (Lipinski definition) is 0. The van der Waals surface area contributed by atoms with Crippen LogP contribution in [0.3, 0.4) is 0 Å². The smallest absolute Gasteiger partial charge is 0.237 e. The fourth-order valence-corrected chi connectivity index (χ4v) is 2.07. The summed E-state index contributed by atoms with van der Waals surface area (Å²) in [6.45, 7) is 6.37. The van der Waals surface area contributed by atoms with Crippen LogP contribution in [-0.2, 0) is 34.6 Å². The minimum absolute atomic E-state index is 1.10. The van der Waals surface area contributed by atoms with E-state index in [1.807, 2.05) is 0 Å². The lowest BCUT2D eigenvalue weighted by atomic mass is 10.4. The van der Waals surface area contributed by atoms with Gasteiger partial charge in [-0.25, -0.2) is 18.3 Å². The van der Waals surface area contributed by atoms with Gasteiger partial charge in [0, 0.05) is 20.3 Å². The van der Waals surface area contributed by atoms with Crippen LogP contribution in [0, 0.1) is 13.8 Å². The van der Waals surface area contributed by atoms with E-state index in [0.29, 0.717) is 0 Å². The highest BCUT2D eigenvalue weighted by Gasteiger charge is 2.07. The van der Waals surface area contributed by atoms with Crippen molar-refractivity contribution < 1.29 is 9.13 Å². The first kappa shape index (κ1) is 14.5. The van der Waals surface area contributed by atoms with E-state index in [1.165, 1.54) is 17.3 Å². The minimum atomic E-state index is 1.10. The molecule has 2 rings (SSSR count). The Morgan fingerprint density at radius 1 is 1.11 bits per heavy atom. The molecule has 0 spiro atoms. The van der Waals surface area contributed by atoms with Gasteiger partial charge in [0.15, 0.2) is 0 Å². The van der Waals surface area contributed by atoms with E-state index in [-0.39, 0.29) is 0 Å². The van der Waals surface area contributed by atoms with Crippen LogP contribution in [0.15, 0.2) is 18.6 Å². The molecule has 4 heteroatoms. The Bertz CT molecular complexity index is 478. The molecule has 0 radical (unpaired) electrons. The van der Waals surface area contributed by atoms with E-state index in [2.05, 4.69) is 85.8 Å². The first-order valence-electron chi connectivity index (χ1n) is 6.36. The number of imidazole rings is 2. The summed E-state index contributed by atoms with van der Waals surface area (Å²) in [5.74, 6) is 2.64. The average molecular weight is 250 g/mol. The van der Waals surface area contributed by atoms with Crippen molar-refractivity contribution in [3.05, 3.63) is 35.9 Å². The summed E-state index contributed by atoms with van der Waals surface area (Å²) in [7, 11) is 8.27. The van der Waals surface area contributed by atoms with Crippen LogP contribution in [0.5, 0.6) is 0 Å². The Labute approximate surface area is 110 Å². The molecule has 0 aliphatic rings. The Morgan fingerprint density at radius 2 is 1.72 bits per heavy atom. The van der Waals surface area contributed by atoms with Crippen LogP contribution in [0.25, 0.3) is 0 Å². The van der Waals surface area contributed by atoms with Crippen molar-refractivity contribution in [1.29, 1.82) is 0 Å². The van der Waals surface area contributed by atoms with E-state index >= 15 is 0 Å². The molecule has 0 atom stereocenters. The summed E-state index contributed by atoms with van der Waals surface area (Å²) in [4.78, 5) is 0. The largest absolute Gasteiger partial charge is 0.255 e. The first-order chi connectivity index (χ1) is 8.38. The Morgan fingerprint density at radius 3 is 1.89 bits per heavy atom. The van der Waals surface area contributed by atoms with Crippen molar-refractivity contribution in [1.82, 2.24) is 9.13 Å². The summed E-state index contributed by atoms with van der Waals surface area (Å²) < 4.78 is 8.56.